The van der Waals surface area contributed by atoms with Crippen LogP contribution in [0.2, 0.25) is 0 Å². The number of carbonyl (C=O) groups excluding carboxylic acids is 2. The van der Waals surface area contributed by atoms with Crippen molar-refractivity contribution in [1.29, 1.82) is 0 Å². The summed E-state index contributed by atoms with van der Waals surface area (Å²) in [5.74, 6) is -0.357. The molecule has 2 aromatic carbocycles. The van der Waals surface area contributed by atoms with Gasteiger partial charge in [0.1, 0.15) is 0 Å². The number of nitrogens with one attached hydrogen (secondary N) is 1. The lowest BCUT2D eigenvalue weighted by molar-refractivity contribution is -0.137. The van der Waals surface area contributed by atoms with Crippen molar-refractivity contribution in [2.24, 2.45) is 0 Å². The molecule has 0 saturated heterocycles. The first-order valence-electron chi connectivity index (χ1n) is 9.13. The normalized spacial score (nSPS) is 13.8. The topological polar surface area (TPSA) is 49.4 Å². The lowest BCUT2D eigenvalue weighted by Gasteiger charge is -2.23. The fourth-order valence-electron chi connectivity index (χ4n) is 2.92. The van der Waals surface area contributed by atoms with Crippen LogP contribution in [0.4, 0.5) is 13.2 Å². The van der Waals surface area contributed by atoms with E-state index < -0.39 is 11.7 Å². The van der Waals surface area contributed by atoms with Crippen molar-refractivity contribution in [3.63, 3.8) is 0 Å². The number of hydrogen-bond acceptors (Lipinski definition) is 2. The van der Waals surface area contributed by atoms with E-state index in [0.717, 1.165) is 25.0 Å². The van der Waals surface area contributed by atoms with E-state index in [4.69, 9.17) is 0 Å². The molecule has 0 heterocycles. The molecule has 2 amide bonds. The van der Waals surface area contributed by atoms with Gasteiger partial charge in [-0.15, -0.1) is 0 Å². The second kappa shape index (κ2) is 8.46. The smallest absolute Gasteiger partial charge is 0.352 e. The average Bonchev–Trinajstić information content (AvgIpc) is 3.51. The Kier molecular flexibility index (Phi) is 6.02. The molecule has 0 atom stereocenters. The van der Waals surface area contributed by atoms with Gasteiger partial charge in [0.2, 0.25) is 5.91 Å². The van der Waals surface area contributed by atoms with Gasteiger partial charge in [0, 0.05) is 31.1 Å². The van der Waals surface area contributed by atoms with Crippen molar-refractivity contribution >= 4 is 11.8 Å². The van der Waals surface area contributed by atoms with E-state index in [9.17, 15) is 22.8 Å². The zero-order valence-electron chi connectivity index (χ0n) is 15.2. The third-order valence-electron chi connectivity index (χ3n) is 4.60. The summed E-state index contributed by atoms with van der Waals surface area (Å²) in [4.78, 5) is 26.3. The Morgan fingerprint density at radius 2 is 1.64 bits per heavy atom. The molecule has 148 valence electrons. The zero-order valence-corrected chi connectivity index (χ0v) is 15.2. The van der Waals surface area contributed by atoms with Crippen molar-refractivity contribution in [3.05, 3.63) is 71.3 Å². The molecule has 1 N–H and O–H groups in total. The van der Waals surface area contributed by atoms with Crippen LogP contribution in [0.1, 0.15) is 40.7 Å². The van der Waals surface area contributed by atoms with Gasteiger partial charge in [-0.2, -0.15) is 13.2 Å². The monoisotopic (exact) mass is 390 g/mol. The van der Waals surface area contributed by atoms with Gasteiger partial charge >= 0.3 is 6.18 Å². The maximum absolute atomic E-state index is 12.7. The van der Waals surface area contributed by atoms with Crippen LogP contribution < -0.4 is 5.32 Å². The molecule has 2 aromatic rings. The van der Waals surface area contributed by atoms with Crippen molar-refractivity contribution in [3.8, 4) is 0 Å². The molecule has 4 nitrogen and oxygen atoms in total. The van der Waals surface area contributed by atoms with Crippen LogP contribution in [0, 0.1) is 0 Å². The molecule has 0 unspecified atom stereocenters. The van der Waals surface area contributed by atoms with Gasteiger partial charge < -0.3 is 10.2 Å². The molecule has 1 fully saturated rings. The van der Waals surface area contributed by atoms with Gasteiger partial charge in [0.25, 0.3) is 5.91 Å². The Hall–Kier alpha value is -2.83. The Bertz CT molecular complexity index is 816. The highest BCUT2D eigenvalue weighted by Gasteiger charge is 2.33. The van der Waals surface area contributed by atoms with Crippen LogP contribution in [0.25, 0.3) is 0 Å². The predicted molar refractivity (Wildman–Crippen MR) is 98.4 cm³/mol. The molecule has 0 spiro atoms. The summed E-state index contributed by atoms with van der Waals surface area (Å²) in [5, 5.41) is 2.72. The van der Waals surface area contributed by atoms with E-state index in [1.165, 1.54) is 12.1 Å². The Morgan fingerprint density at radius 1 is 1.00 bits per heavy atom. The fraction of sp³-hybridized carbons (Fsp3) is 0.333. The zero-order chi connectivity index (χ0) is 20.1. The molecular weight excluding hydrogens is 369 g/mol. The number of amides is 2. The lowest BCUT2D eigenvalue weighted by atomic mass is 10.1. The molecule has 0 bridgehead atoms. The standard InChI is InChI=1S/C21H21F3N2O2/c22-21(23,24)17-8-6-15(7-9-17)14-26(18-10-11-18)19(27)12-13-25-20(28)16-4-2-1-3-5-16/h1-9,18H,10-14H2,(H,25,28). The van der Waals surface area contributed by atoms with E-state index in [2.05, 4.69) is 5.32 Å². The van der Waals surface area contributed by atoms with Gasteiger partial charge in [-0.1, -0.05) is 30.3 Å². The third-order valence-corrected chi connectivity index (χ3v) is 4.60. The van der Waals surface area contributed by atoms with Crippen LogP contribution in [-0.2, 0) is 17.5 Å². The van der Waals surface area contributed by atoms with Crippen molar-refractivity contribution in [2.45, 2.75) is 38.0 Å². The van der Waals surface area contributed by atoms with E-state index in [0.29, 0.717) is 11.1 Å². The number of alkyl halides is 3. The number of halogens is 3. The van der Waals surface area contributed by atoms with Crippen molar-refractivity contribution in [1.82, 2.24) is 10.2 Å². The first-order chi connectivity index (χ1) is 13.3. The van der Waals surface area contributed by atoms with E-state index in [1.54, 1.807) is 29.2 Å². The summed E-state index contributed by atoms with van der Waals surface area (Å²) in [6, 6.07) is 13.7. The molecule has 3 rings (SSSR count). The van der Waals surface area contributed by atoms with Gasteiger partial charge in [-0.3, -0.25) is 9.59 Å². The average molecular weight is 390 g/mol. The van der Waals surface area contributed by atoms with Gasteiger partial charge in [0.05, 0.1) is 5.56 Å². The second-order valence-corrected chi connectivity index (χ2v) is 6.82. The van der Waals surface area contributed by atoms with Crippen LogP contribution in [-0.4, -0.2) is 29.3 Å². The fourth-order valence-corrected chi connectivity index (χ4v) is 2.92. The molecule has 1 saturated carbocycles. The third kappa shape index (κ3) is 5.34. The summed E-state index contributed by atoms with van der Waals surface area (Å²) >= 11 is 0. The quantitative estimate of drug-likeness (QED) is 0.777. The summed E-state index contributed by atoms with van der Waals surface area (Å²) in [7, 11) is 0. The molecule has 28 heavy (non-hydrogen) atoms. The lowest BCUT2D eigenvalue weighted by Crippen LogP contribution is -2.35. The SMILES string of the molecule is O=C(NCCC(=O)N(Cc1ccc(C(F)(F)F)cc1)C1CC1)c1ccccc1. The van der Waals surface area contributed by atoms with E-state index in [1.807, 2.05) is 6.07 Å². The summed E-state index contributed by atoms with van der Waals surface area (Å²) in [6.07, 6.45) is -2.44. The molecule has 0 radical (unpaired) electrons. The highest BCUT2D eigenvalue weighted by molar-refractivity contribution is 5.94. The van der Waals surface area contributed by atoms with Crippen LogP contribution >= 0.6 is 0 Å². The maximum Gasteiger partial charge on any atom is 0.416 e. The van der Waals surface area contributed by atoms with Crippen LogP contribution in [0.15, 0.2) is 54.6 Å². The minimum absolute atomic E-state index is 0.115. The number of carbonyl (C=O) groups is 2. The second-order valence-electron chi connectivity index (χ2n) is 6.82. The van der Waals surface area contributed by atoms with Crippen molar-refractivity contribution < 1.29 is 22.8 Å². The molecule has 0 aliphatic heterocycles. The largest absolute Gasteiger partial charge is 0.416 e. The minimum Gasteiger partial charge on any atom is -0.352 e. The first-order valence-corrected chi connectivity index (χ1v) is 9.13. The molecular formula is C21H21F3N2O2. The Balaban J connectivity index is 1.54. The van der Waals surface area contributed by atoms with Gasteiger partial charge in [-0.25, -0.2) is 0 Å². The Labute approximate surface area is 161 Å². The molecule has 7 heteroatoms. The summed E-state index contributed by atoms with van der Waals surface area (Å²) < 4.78 is 38.0. The predicted octanol–water partition coefficient (Wildman–Crippen LogP) is 4.02. The van der Waals surface area contributed by atoms with Gasteiger partial charge in [-0.05, 0) is 42.7 Å². The minimum atomic E-state index is -4.37. The van der Waals surface area contributed by atoms with Crippen LogP contribution in [0.3, 0.4) is 0 Å². The number of benzene rings is 2. The highest BCUT2D eigenvalue weighted by Crippen LogP contribution is 2.31. The van der Waals surface area contributed by atoms with Gasteiger partial charge in [0.15, 0.2) is 0 Å². The van der Waals surface area contributed by atoms with Crippen LogP contribution in [0.5, 0.6) is 0 Å². The summed E-state index contributed by atoms with van der Waals surface area (Å²) in [5.41, 5.74) is 0.476. The van der Waals surface area contributed by atoms with Crippen molar-refractivity contribution in [2.75, 3.05) is 6.54 Å². The number of rotatable bonds is 7. The number of hydrogen-bond donors (Lipinski definition) is 1. The maximum atomic E-state index is 12.7. The highest BCUT2D eigenvalue weighted by atomic mass is 19.4. The number of nitrogens with zero attached hydrogens (tertiary/aromatic N) is 1. The molecule has 1 aliphatic rings. The van der Waals surface area contributed by atoms with E-state index >= 15 is 0 Å². The summed E-state index contributed by atoms with van der Waals surface area (Å²) in [6.45, 7) is 0.483. The first kappa shape index (κ1) is 19.9. The molecule has 1 aliphatic carbocycles. The van der Waals surface area contributed by atoms with E-state index in [-0.39, 0.29) is 37.4 Å². The molecule has 0 aromatic heterocycles. The Morgan fingerprint density at radius 3 is 2.21 bits per heavy atom.